The second-order valence-corrected chi connectivity index (χ2v) is 8.03. The van der Waals surface area contributed by atoms with Crippen molar-refractivity contribution >= 4 is 23.5 Å². The number of anilines is 1. The molecule has 0 saturated carbocycles. The first-order valence-electron chi connectivity index (χ1n) is 9.99. The highest BCUT2D eigenvalue weighted by Gasteiger charge is 2.49. The summed E-state index contributed by atoms with van der Waals surface area (Å²) in [6.07, 6.45) is 0. The SMILES string of the molecule is C=C(C)COc1ccc(C2(C)NC(=O)N(CC(=O)Nc3c(C)cccc3C)C2=O)cc1. The fourth-order valence-electron chi connectivity index (χ4n) is 3.46. The van der Waals surface area contributed by atoms with E-state index in [4.69, 9.17) is 4.74 Å². The van der Waals surface area contributed by atoms with Crippen molar-refractivity contribution in [2.75, 3.05) is 18.5 Å². The summed E-state index contributed by atoms with van der Waals surface area (Å²) in [7, 11) is 0. The Morgan fingerprint density at radius 1 is 1.13 bits per heavy atom. The van der Waals surface area contributed by atoms with Crippen molar-refractivity contribution < 1.29 is 19.1 Å². The zero-order valence-electron chi connectivity index (χ0n) is 18.2. The number of nitrogens with zero attached hydrogens (tertiary/aromatic N) is 1. The highest BCUT2D eigenvalue weighted by Crippen LogP contribution is 2.30. The number of ether oxygens (including phenoxy) is 1. The van der Waals surface area contributed by atoms with Crippen LogP contribution in [0.5, 0.6) is 5.75 Å². The first-order valence-corrected chi connectivity index (χ1v) is 9.99. The van der Waals surface area contributed by atoms with E-state index in [9.17, 15) is 14.4 Å². The second kappa shape index (κ2) is 8.63. The molecule has 2 N–H and O–H groups in total. The molecule has 31 heavy (non-hydrogen) atoms. The summed E-state index contributed by atoms with van der Waals surface area (Å²) in [5.74, 6) is -0.282. The normalized spacial score (nSPS) is 18.0. The van der Waals surface area contributed by atoms with Crippen LogP contribution in [0.15, 0.2) is 54.6 Å². The Hall–Kier alpha value is -3.61. The van der Waals surface area contributed by atoms with Crippen LogP contribution in [0.3, 0.4) is 0 Å². The summed E-state index contributed by atoms with van der Waals surface area (Å²) < 4.78 is 5.58. The molecule has 1 aliphatic heterocycles. The van der Waals surface area contributed by atoms with E-state index in [1.54, 1.807) is 31.2 Å². The molecule has 1 fully saturated rings. The lowest BCUT2D eigenvalue weighted by molar-refractivity contribution is -0.133. The average Bonchev–Trinajstić information content (AvgIpc) is 2.93. The molecule has 1 saturated heterocycles. The largest absolute Gasteiger partial charge is 0.489 e. The monoisotopic (exact) mass is 421 g/mol. The lowest BCUT2D eigenvalue weighted by Gasteiger charge is -2.22. The lowest BCUT2D eigenvalue weighted by atomic mass is 9.92. The first kappa shape index (κ1) is 22.1. The number of hydrogen-bond acceptors (Lipinski definition) is 4. The maximum absolute atomic E-state index is 13.1. The average molecular weight is 421 g/mol. The molecule has 1 atom stereocenters. The van der Waals surface area contributed by atoms with Crippen LogP contribution in [0.25, 0.3) is 0 Å². The zero-order valence-corrected chi connectivity index (χ0v) is 18.2. The number of hydrogen-bond donors (Lipinski definition) is 2. The molecule has 7 nitrogen and oxygen atoms in total. The number of imide groups is 1. The molecule has 2 aromatic carbocycles. The third-order valence-corrected chi connectivity index (χ3v) is 5.24. The van der Waals surface area contributed by atoms with Gasteiger partial charge in [0.1, 0.15) is 24.4 Å². The van der Waals surface area contributed by atoms with Gasteiger partial charge in [-0.3, -0.25) is 14.5 Å². The van der Waals surface area contributed by atoms with E-state index in [-0.39, 0.29) is 6.54 Å². The van der Waals surface area contributed by atoms with Gasteiger partial charge in [-0.15, -0.1) is 0 Å². The van der Waals surface area contributed by atoms with Crippen LogP contribution in [0.1, 0.15) is 30.5 Å². The molecule has 1 unspecified atom stereocenters. The number of para-hydroxylation sites is 1. The van der Waals surface area contributed by atoms with Gasteiger partial charge in [0.25, 0.3) is 5.91 Å². The van der Waals surface area contributed by atoms with Crippen LogP contribution in [0.2, 0.25) is 0 Å². The summed E-state index contributed by atoms with van der Waals surface area (Å²) >= 11 is 0. The molecule has 0 radical (unpaired) electrons. The maximum Gasteiger partial charge on any atom is 0.325 e. The fourth-order valence-corrected chi connectivity index (χ4v) is 3.46. The second-order valence-electron chi connectivity index (χ2n) is 8.03. The molecular weight excluding hydrogens is 394 g/mol. The predicted octanol–water partition coefficient (Wildman–Crippen LogP) is 3.66. The predicted molar refractivity (Wildman–Crippen MR) is 119 cm³/mol. The number of carbonyl (C=O) groups excluding carboxylic acids is 3. The third kappa shape index (κ3) is 4.60. The standard InChI is InChI=1S/C24H27N3O4/c1-15(2)14-31-19-11-9-18(10-12-19)24(5)22(29)27(23(30)26-24)13-20(28)25-21-16(3)7-6-8-17(21)4/h6-12H,1,13-14H2,2-5H3,(H,25,28)(H,26,30). The molecule has 2 aromatic rings. The van der Waals surface area contributed by atoms with E-state index in [2.05, 4.69) is 17.2 Å². The minimum atomic E-state index is -1.26. The third-order valence-electron chi connectivity index (χ3n) is 5.24. The molecular formula is C24H27N3O4. The van der Waals surface area contributed by atoms with Gasteiger partial charge in [-0.05, 0) is 62.1 Å². The van der Waals surface area contributed by atoms with Crippen molar-refractivity contribution in [2.24, 2.45) is 0 Å². The number of benzene rings is 2. The summed E-state index contributed by atoms with van der Waals surface area (Å²) in [5, 5.41) is 5.52. The van der Waals surface area contributed by atoms with Gasteiger partial charge in [-0.1, -0.05) is 36.9 Å². The number of urea groups is 1. The van der Waals surface area contributed by atoms with Crippen LogP contribution in [-0.4, -0.2) is 35.9 Å². The number of rotatable bonds is 7. The minimum Gasteiger partial charge on any atom is -0.489 e. The number of amides is 4. The van der Waals surface area contributed by atoms with Gasteiger partial charge in [-0.2, -0.15) is 0 Å². The van der Waals surface area contributed by atoms with Crippen molar-refractivity contribution in [2.45, 2.75) is 33.2 Å². The Labute approximate surface area is 182 Å². The molecule has 162 valence electrons. The lowest BCUT2D eigenvalue weighted by Crippen LogP contribution is -2.42. The molecule has 1 heterocycles. The topological polar surface area (TPSA) is 87.7 Å². The van der Waals surface area contributed by atoms with Crippen molar-refractivity contribution in [3.8, 4) is 5.75 Å². The zero-order chi connectivity index (χ0) is 22.8. The summed E-state index contributed by atoms with van der Waals surface area (Å²) in [6.45, 7) is 11.1. The van der Waals surface area contributed by atoms with Crippen LogP contribution in [0.4, 0.5) is 10.5 Å². The molecule has 0 spiro atoms. The molecule has 7 heteroatoms. The van der Waals surface area contributed by atoms with Crippen molar-refractivity contribution in [3.05, 3.63) is 71.3 Å². The van der Waals surface area contributed by atoms with Crippen LogP contribution < -0.4 is 15.4 Å². The van der Waals surface area contributed by atoms with E-state index in [0.717, 1.165) is 21.6 Å². The van der Waals surface area contributed by atoms with Crippen molar-refractivity contribution in [1.29, 1.82) is 0 Å². The van der Waals surface area contributed by atoms with Crippen molar-refractivity contribution in [3.63, 3.8) is 0 Å². The first-order chi connectivity index (χ1) is 14.6. The molecule has 3 rings (SSSR count). The minimum absolute atomic E-state index is 0.367. The Morgan fingerprint density at radius 2 is 1.74 bits per heavy atom. The van der Waals surface area contributed by atoms with Crippen LogP contribution >= 0.6 is 0 Å². The maximum atomic E-state index is 13.1. The van der Waals surface area contributed by atoms with Gasteiger partial charge in [0.05, 0.1) is 0 Å². The van der Waals surface area contributed by atoms with Crippen LogP contribution in [-0.2, 0) is 15.1 Å². The summed E-state index contributed by atoms with van der Waals surface area (Å²) in [4.78, 5) is 39.1. The summed E-state index contributed by atoms with van der Waals surface area (Å²) in [5.41, 5.74) is 2.74. The quantitative estimate of drug-likeness (QED) is 0.528. The van der Waals surface area contributed by atoms with Gasteiger partial charge < -0.3 is 15.4 Å². The smallest absolute Gasteiger partial charge is 0.325 e. The van der Waals surface area contributed by atoms with Crippen LogP contribution in [0, 0.1) is 13.8 Å². The fraction of sp³-hybridized carbons (Fsp3) is 0.292. The Morgan fingerprint density at radius 3 is 2.32 bits per heavy atom. The van der Waals surface area contributed by atoms with E-state index in [0.29, 0.717) is 23.6 Å². The Bertz CT molecular complexity index is 1030. The number of nitrogens with one attached hydrogen (secondary N) is 2. The van der Waals surface area contributed by atoms with Gasteiger partial charge >= 0.3 is 6.03 Å². The Kier molecular flexibility index (Phi) is 6.15. The van der Waals surface area contributed by atoms with Crippen molar-refractivity contribution in [1.82, 2.24) is 10.2 Å². The molecule has 0 aromatic heterocycles. The van der Waals surface area contributed by atoms with E-state index in [1.807, 2.05) is 39.0 Å². The van der Waals surface area contributed by atoms with Gasteiger partial charge in [-0.25, -0.2) is 4.79 Å². The Balaban J connectivity index is 1.72. The molecule has 0 aliphatic carbocycles. The van der Waals surface area contributed by atoms with Gasteiger partial charge in [0, 0.05) is 5.69 Å². The van der Waals surface area contributed by atoms with Gasteiger partial charge in [0.2, 0.25) is 5.91 Å². The van der Waals surface area contributed by atoms with Gasteiger partial charge in [0.15, 0.2) is 0 Å². The number of carbonyl (C=O) groups is 3. The van der Waals surface area contributed by atoms with E-state index in [1.165, 1.54) is 0 Å². The number of aryl methyl sites for hydroxylation is 2. The summed E-state index contributed by atoms with van der Waals surface area (Å²) in [6, 6.07) is 12.0. The highest BCUT2D eigenvalue weighted by molar-refractivity contribution is 6.10. The van der Waals surface area contributed by atoms with E-state index >= 15 is 0 Å². The van der Waals surface area contributed by atoms with E-state index < -0.39 is 23.4 Å². The highest BCUT2D eigenvalue weighted by atomic mass is 16.5. The molecule has 1 aliphatic rings. The molecule has 4 amide bonds. The molecule has 0 bridgehead atoms.